The van der Waals surface area contributed by atoms with Crippen molar-refractivity contribution in [2.45, 2.75) is 157 Å². The van der Waals surface area contributed by atoms with Crippen LogP contribution in [0.5, 0.6) is 0 Å². The van der Waals surface area contributed by atoms with Gasteiger partial charge in [0.2, 0.25) is 0 Å². The predicted octanol–water partition coefficient (Wildman–Crippen LogP) is 17.3. The van der Waals surface area contributed by atoms with Gasteiger partial charge in [0, 0.05) is 67.6 Å². The van der Waals surface area contributed by atoms with Crippen LogP contribution in [0.1, 0.15) is 158 Å². The lowest BCUT2D eigenvalue weighted by atomic mass is 9.29. The quantitative estimate of drug-likeness (QED) is 0.164. The minimum absolute atomic E-state index is 0.0129. The van der Waals surface area contributed by atoms with Crippen molar-refractivity contribution in [3.8, 4) is 5.69 Å². The molecule has 0 fully saturated rings. The number of fused-ring (bicyclic) bond motifs is 11. The summed E-state index contributed by atoms with van der Waals surface area (Å²) >= 11 is 0. The first-order valence-electron chi connectivity index (χ1n) is 30.9. The molecule has 0 spiro atoms. The second-order valence-electron chi connectivity index (χ2n) is 31.2. The van der Waals surface area contributed by atoms with Crippen LogP contribution in [-0.2, 0) is 32.5 Å². The van der Waals surface area contributed by atoms with Crippen LogP contribution in [0.3, 0.4) is 0 Å². The molecule has 420 valence electrons. The van der Waals surface area contributed by atoms with Crippen molar-refractivity contribution in [3.63, 3.8) is 0 Å². The van der Waals surface area contributed by atoms with Crippen molar-refractivity contribution >= 4 is 119 Å². The van der Waals surface area contributed by atoms with Gasteiger partial charge in [-0.1, -0.05) is 210 Å². The third-order valence-electron chi connectivity index (χ3n) is 19.3. The van der Waals surface area contributed by atoms with Gasteiger partial charge in [-0.3, -0.25) is 0 Å². The fourth-order valence-corrected chi connectivity index (χ4v) is 14.4. The Morgan fingerprint density at radius 1 is 0.262 bits per heavy atom. The maximum atomic E-state index is 2.79. The molecule has 14 rings (SSSR count). The Morgan fingerprint density at radius 3 is 0.929 bits per heavy atom. The molecule has 0 unspecified atom stereocenters. The van der Waals surface area contributed by atoms with Crippen LogP contribution >= 0.6 is 0 Å². The average molecular weight is 1100 g/mol. The first kappa shape index (κ1) is 54.3. The van der Waals surface area contributed by atoms with Gasteiger partial charge < -0.3 is 19.3 Å². The zero-order valence-corrected chi connectivity index (χ0v) is 53.1. The summed E-state index contributed by atoms with van der Waals surface area (Å²) in [6.45, 7) is 42.3. The largest absolute Gasteiger partial charge is 0.312 e. The van der Waals surface area contributed by atoms with Gasteiger partial charge in [0.25, 0.3) is 13.4 Å². The summed E-state index contributed by atoms with van der Waals surface area (Å²) in [4.78, 5) is 8.04. The van der Waals surface area contributed by atoms with Crippen molar-refractivity contribution in [1.29, 1.82) is 0 Å². The van der Waals surface area contributed by atoms with Gasteiger partial charge in [-0.25, -0.2) is 0 Å². The molecule has 4 nitrogen and oxygen atoms in total. The van der Waals surface area contributed by atoms with Gasteiger partial charge >= 0.3 is 0 Å². The summed E-state index contributed by atoms with van der Waals surface area (Å²) in [5, 5.41) is 2.53. The normalized spacial score (nSPS) is 14.7. The average Bonchev–Trinajstić information content (AvgIpc) is 0.742. The smallest absolute Gasteiger partial charge is 0.252 e. The van der Waals surface area contributed by atoms with E-state index in [1.165, 1.54) is 145 Å². The summed E-state index contributed by atoms with van der Waals surface area (Å²) in [6, 6.07) is 67.6. The zero-order valence-electron chi connectivity index (χ0n) is 53.1. The van der Waals surface area contributed by atoms with Crippen LogP contribution in [-0.4, -0.2) is 18.0 Å². The van der Waals surface area contributed by atoms with Crippen molar-refractivity contribution in [1.82, 2.24) is 4.57 Å². The first-order valence-corrected chi connectivity index (χ1v) is 30.9. The molecule has 9 aromatic carbocycles. The fraction of sp³-hybridized carbons (Fsp3) is 0.308. The molecule has 0 aliphatic carbocycles. The molecule has 0 radical (unpaired) electrons. The number of rotatable bonds is 3. The van der Waals surface area contributed by atoms with Gasteiger partial charge in [-0.15, -0.1) is 0 Å². The topological polar surface area (TPSA) is 14.7 Å². The Bertz CT molecular complexity index is 4110. The molecule has 84 heavy (non-hydrogen) atoms. The number of hydrogen-bond acceptors (Lipinski definition) is 3. The van der Waals surface area contributed by atoms with Crippen LogP contribution in [0.25, 0.3) is 27.5 Å². The Labute approximate surface area is 501 Å². The molecular weight excluding hydrogens is 1010 g/mol. The highest BCUT2D eigenvalue weighted by molar-refractivity contribution is 7.04. The van der Waals surface area contributed by atoms with E-state index in [4.69, 9.17) is 0 Å². The van der Waals surface area contributed by atoms with Gasteiger partial charge in [-0.2, -0.15) is 0 Å². The van der Waals surface area contributed by atoms with Crippen LogP contribution in [0, 0.1) is 0 Å². The van der Waals surface area contributed by atoms with Crippen molar-refractivity contribution in [2.75, 3.05) is 14.7 Å². The highest BCUT2D eigenvalue weighted by Gasteiger charge is 2.52. The van der Waals surface area contributed by atoms with E-state index < -0.39 is 0 Å². The lowest BCUT2D eigenvalue weighted by molar-refractivity contribution is 0.589. The number of anilines is 9. The number of benzene rings is 9. The summed E-state index contributed by atoms with van der Waals surface area (Å²) in [6.07, 6.45) is 0. The van der Waals surface area contributed by atoms with E-state index in [9.17, 15) is 0 Å². The number of nitrogens with zero attached hydrogens (tertiary/aromatic N) is 4. The molecule has 5 heterocycles. The Balaban J connectivity index is 1.18. The first-order chi connectivity index (χ1) is 39.5. The summed E-state index contributed by atoms with van der Waals surface area (Å²) in [5.74, 6) is 0. The molecule has 0 N–H and O–H groups in total. The highest BCUT2D eigenvalue weighted by Crippen LogP contribution is 2.51. The second kappa shape index (κ2) is 17.9. The summed E-state index contributed by atoms with van der Waals surface area (Å²) in [7, 11) is 0. The number of aromatic nitrogens is 1. The van der Waals surface area contributed by atoms with E-state index in [0.717, 1.165) is 0 Å². The summed E-state index contributed by atoms with van der Waals surface area (Å²) < 4.78 is 2.58. The van der Waals surface area contributed by atoms with Gasteiger partial charge in [0.05, 0.1) is 11.0 Å². The molecule has 10 aromatic rings. The molecule has 1 aromatic heterocycles. The molecular formula is C78H82B2N4. The molecule has 0 amide bonds. The maximum Gasteiger partial charge on any atom is 0.252 e. The maximum absolute atomic E-state index is 2.79. The molecule has 4 aliphatic heterocycles. The molecule has 4 aliphatic rings. The van der Waals surface area contributed by atoms with Crippen LogP contribution < -0.4 is 47.5 Å². The Morgan fingerprint density at radius 2 is 0.583 bits per heavy atom. The van der Waals surface area contributed by atoms with Gasteiger partial charge in [-0.05, 0) is 184 Å². The monoisotopic (exact) mass is 1100 g/mol. The Hall–Kier alpha value is -7.69. The van der Waals surface area contributed by atoms with Gasteiger partial charge in [0.1, 0.15) is 0 Å². The van der Waals surface area contributed by atoms with E-state index >= 15 is 0 Å². The highest BCUT2D eigenvalue weighted by atomic mass is 15.2. The molecule has 6 heteroatoms. The number of para-hydroxylation sites is 2. The van der Waals surface area contributed by atoms with Crippen molar-refractivity contribution in [2.24, 2.45) is 0 Å². The van der Waals surface area contributed by atoms with E-state index in [0.29, 0.717) is 0 Å². The Kier molecular flexibility index (Phi) is 11.6. The second-order valence-corrected chi connectivity index (χ2v) is 31.2. The van der Waals surface area contributed by atoms with Crippen LogP contribution in [0.2, 0.25) is 0 Å². The van der Waals surface area contributed by atoms with Crippen LogP contribution in [0.4, 0.5) is 51.2 Å². The molecule has 0 bridgehead atoms. The minimum atomic E-state index is -0.175. The molecule has 0 saturated carbocycles. The fourth-order valence-electron chi connectivity index (χ4n) is 14.4. The standard InChI is InChI=1S/C78H82B2N4/c1-73(2,3)47-27-33-53(34-28-47)81-64-37-31-49(75(7,8)9)39-58(64)79-60-45-55(83-62-25-21-19-23-56(62)57-24-20-22-26-63(57)83)46-61-72(60)84(68-43-51(77(13,14)15)41-66(81)70(68)79)69-44-52(78(16,17)18)42-67-71(69)80(61)59-40-50(76(10,11)12)32-38-65(59)82(67)54-35-29-48(30-36-54)74(4,5)6/h19-46H,1-18H3. The van der Waals surface area contributed by atoms with Gasteiger partial charge in [0.15, 0.2) is 0 Å². The lowest BCUT2D eigenvalue weighted by Gasteiger charge is -2.50. The number of hydrogen-bond donors (Lipinski definition) is 0. The molecule has 0 saturated heterocycles. The third-order valence-corrected chi connectivity index (χ3v) is 19.3. The minimum Gasteiger partial charge on any atom is -0.312 e. The SMILES string of the molecule is CC(C)(C)c1ccc(N2c3ccc(C(C)(C)C)cc3B3c4cc(-n5c6ccccc6c6ccccc65)cc5c4N(c4cc(C(C)(C)C)cc2c43)c2cc(C(C)(C)C)cc3c2B5c2cc(C(C)(C)C)ccc2N3c2ccc(C(C)(C)C)cc2)cc1. The van der Waals surface area contributed by atoms with Crippen molar-refractivity contribution in [3.05, 3.63) is 203 Å². The van der Waals surface area contributed by atoms with E-state index in [-0.39, 0.29) is 45.9 Å². The molecule has 0 atom stereocenters. The lowest BCUT2D eigenvalue weighted by Crippen LogP contribution is -2.68. The van der Waals surface area contributed by atoms with E-state index in [1.54, 1.807) is 0 Å². The zero-order chi connectivity index (χ0) is 59.3. The van der Waals surface area contributed by atoms with Crippen molar-refractivity contribution < 1.29 is 0 Å². The summed E-state index contributed by atoms with van der Waals surface area (Å²) in [5.41, 5.74) is 30.4. The predicted molar refractivity (Wildman–Crippen MR) is 366 cm³/mol. The van der Waals surface area contributed by atoms with E-state index in [1.807, 2.05) is 0 Å². The third kappa shape index (κ3) is 8.23. The van der Waals surface area contributed by atoms with E-state index in [2.05, 4.69) is 314 Å². The van der Waals surface area contributed by atoms with Crippen LogP contribution in [0.15, 0.2) is 170 Å².